The quantitative estimate of drug-likeness (QED) is 0.778. The zero-order valence-electron chi connectivity index (χ0n) is 10.3. The fourth-order valence-corrected chi connectivity index (χ4v) is 1.73. The Morgan fingerprint density at radius 2 is 2.12 bits per heavy atom. The first-order chi connectivity index (χ1) is 7.63. The fourth-order valence-electron chi connectivity index (χ4n) is 1.73. The van der Waals surface area contributed by atoms with Crippen LogP contribution in [0.3, 0.4) is 0 Å². The van der Waals surface area contributed by atoms with Crippen LogP contribution >= 0.6 is 0 Å². The van der Waals surface area contributed by atoms with Gasteiger partial charge in [-0.15, -0.1) is 0 Å². The lowest BCUT2D eigenvalue weighted by Crippen LogP contribution is -2.18. The van der Waals surface area contributed by atoms with Crippen molar-refractivity contribution in [2.24, 2.45) is 0 Å². The van der Waals surface area contributed by atoms with E-state index in [9.17, 15) is 0 Å². The molecule has 0 saturated carbocycles. The fraction of sp³-hybridized carbons (Fsp3) is 0.462. The zero-order valence-corrected chi connectivity index (χ0v) is 10.3. The smallest absolute Gasteiger partial charge is 0.123 e. The maximum atomic E-state index is 9.12. The van der Waals surface area contributed by atoms with Crippen LogP contribution in [0.1, 0.15) is 24.1 Å². The molecule has 0 fully saturated rings. The average Bonchev–Trinajstić information content (AvgIpc) is 2.29. The lowest BCUT2D eigenvalue weighted by molar-refractivity contribution is 0.357. The number of hydrogen-bond donors (Lipinski definition) is 0. The molecular weight excluding hydrogens is 200 g/mol. The molecule has 0 saturated heterocycles. The molecule has 1 aromatic carbocycles. The summed E-state index contributed by atoms with van der Waals surface area (Å²) in [5, 5.41) is 9.12. The lowest BCUT2D eigenvalue weighted by atomic mass is 10.0. The second-order valence-electron chi connectivity index (χ2n) is 3.92. The molecule has 0 heterocycles. The Morgan fingerprint density at radius 3 is 2.56 bits per heavy atom. The minimum Gasteiger partial charge on any atom is -0.496 e. The summed E-state index contributed by atoms with van der Waals surface area (Å²) in [6.45, 7) is 2.08. The van der Waals surface area contributed by atoms with Gasteiger partial charge in [0.05, 0.1) is 13.2 Å². The van der Waals surface area contributed by atoms with E-state index in [1.807, 2.05) is 37.2 Å². The Morgan fingerprint density at radius 1 is 1.44 bits per heavy atom. The maximum absolute atomic E-state index is 9.12. The van der Waals surface area contributed by atoms with Crippen LogP contribution in [0.15, 0.2) is 18.2 Å². The van der Waals surface area contributed by atoms with Crippen molar-refractivity contribution in [2.75, 3.05) is 21.2 Å². The van der Waals surface area contributed by atoms with Crippen LogP contribution in [-0.2, 0) is 6.42 Å². The molecule has 0 N–H and O–H groups in total. The van der Waals surface area contributed by atoms with E-state index < -0.39 is 0 Å². The summed E-state index contributed by atoms with van der Waals surface area (Å²) in [4.78, 5) is 1.90. The predicted molar refractivity (Wildman–Crippen MR) is 64.4 cm³/mol. The number of aryl methyl sites for hydroxylation is 1. The predicted octanol–water partition coefficient (Wildman–Crippen LogP) is 2.38. The monoisotopic (exact) mass is 218 g/mol. The van der Waals surface area contributed by atoms with E-state index in [0.717, 1.165) is 23.3 Å². The van der Waals surface area contributed by atoms with Gasteiger partial charge in [0.1, 0.15) is 11.8 Å². The van der Waals surface area contributed by atoms with E-state index in [1.165, 1.54) is 0 Å². The van der Waals surface area contributed by atoms with Gasteiger partial charge in [-0.2, -0.15) is 5.26 Å². The Kier molecular flexibility index (Phi) is 4.33. The second-order valence-corrected chi connectivity index (χ2v) is 3.92. The minimum absolute atomic E-state index is 0.198. The van der Waals surface area contributed by atoms with Gasteiger partial charge in [0.25, 0.3) is 0 Å². The highest BCUT2D eigenvalue weighted by Crippen LogP contribution is 2.25. The highest BCUT2D eigenvalue weighted by atomic mass is 16.5. The van der Waals surface area contributed by atoms with Crippen LogP contribution in [-0.4, -0.2) is 26.1 Å². The van der Waals surface area contributed by atoms with Gasteiger partial charge in [-0.05, 0) is 43.8 Å². The van der Waals surface area contributed by atoms with Crippen molar-refractivity contribution in [3.05, 3.63) is 29.3 Å². The summed E-state index contributed by atoms with van der Waals surface area (Å²) in [5.74, 6) is 0.890. The highest BCUT2D eigenvalue weighted by Gasteiger charge is 2.14. The lowest BCUT2D eigenvalue weighted by Gasteiger charge is -2.19. The van der Waals surface area contributed by atoms with E-state index in [-0.39, 0.29) is 6.04 Å². The Balaban J connectivity index is 3.12. The topological polar surface area (TPSA) is 36.3 Å². The number of benzene rings is 1. The van der Waals surface area contributed by atoms with Crippen LogP contribution in [0.5, 0.6) is 5.75 Å². The SMILES string of the molecule is CCc1cc(C(C#N)N(C)C)ccc1OC. The van der Waals surface area contributed by atoms with Gasteiger partial charge < -0.3 is 4.74 Å². The molecule has 1 aromatic rings. The minimum atomic E-state index is -0.198. The Labute approximate surface area is 97.3 Å². The number of ether oxygens (including phenoxy) is 1. The van der Waals surface area contributed by atoms with Gasteiger partial charge >= 0.3 is 0 Å². The molecule has 0 radical (unpaired) electrons. The van der Waals surface area contributed by atoms with Crippen LogP contribution in [0.4, 0.5) is 0 Å². The summed E-state index contributed by atoms with van der Waals surface area (Å²) < 4.78 is 5.27. The molecule has 0 aliphatic rings. The highest BCUT2D eigenvalue weighted by molar-refractivity contribution is 5.39. The molecule has 1 unspecified atom stereocenters. The van der Waals surface area contributed by atoms with E-state index in [4.69, 9.17) is 10.00 Å². The molecule has 16 heavy (non-hydrogen) atoms. The van der Waals surface area contributed by atoms with Gasteiger partial charge in [-0.3, -0.25) is 4.90 Å². The molecule has 0 aliphatic heterocycles. The first-order valence-corrected chi connectivity index (χ1v) is 5.36. The Bertz CT molecular complexity index is 393. The molecule has 1 atom stereocenters. The van der Waals surface area contributed by atoms with Crippen molar-refractivity contribution < 1.29 is 4.74 Å². The van der Waals surface area contributed by atoms with Crippen LogP contribution in [0.25, 0.3) is 0 Å². The normalized spacial score (nSPS) is 12.2. The number of rotatable bonds is 4. The van der Waals surface area contributed by atoms with E-state index in [0.29, 0.717) is 0 Å². The van der Waals surface area contributed by atoms with Crippen molar-refractivity contribution in [3.8, 4) is 11.8 Å². The summed E-state index contributed by atoms with van der Waals surface area (Å²) in [7, 11) is 5.48. The second kappa shape index (κ2) is 5.53. The first kappa shape index (κ1) is 12.5. The van der Waals surface area contributed by atoms with Crippen molar-refractivity contribution in [1.82, 2.24) is 4.90 Å². The van der Waals surface area contributed by atoms with Crippen LogP contribution < -0.4 is 4.74 Å². The molecular formula is C13H18N2O. The largest absolute Gasteiger partial charge is 0.496 e. The number of hydrogen-bond acceptors (Lipinski definition) is 3. The van der Waals surface area contributed by atoms with Gasteiger partial charge in [0.15, 0.2) is 0 Å². The molecule has 0 aromatic heterocycles. The summed E-state index contributed by atoms with van der Waals surface area (Å²) in [5.41, 5.74) is 2.16. The van der Waals surface area contributed by atoms with Crippen LogP contribution in [0, 0.1) is 11.3 Å². The standard InChI is InChI=1S/C13H18N2O/c1-5-10-8-11(6-7-13(10)16-4)12(9-14)15(2)3/h6-8,12H,5H2,1-4H3. The van der Waals surface area contributed by atoms with Crippen molar-refractivity contribution in [1.29, 1.82) is 5.26 Å². The molecule has 86 valence electrons. The third-order valence-electron chi connectivity index (χ3n) is 2.64. The summed E-state index contributed by atoms with van der Waals surface area (Å²) in [6, 6.07) is 8.02. The van der Waals surface area contributed by atoms with Gasteiger partial charge in [0, 0.05) is 0 Å². The van der Waals surface area contributed by atoms with Crippen molar-refractivity contribution in [3.63, 3.8) is 0 Å². The summed E-state index contributed by atoms with van der Waals surface area (Å²) in [6.07, 6.45) is 0.905. The third-order valence-corrected chi connectivity index (χ3v) is 2.64. The number of nitrogens with zero attached hydrogens (tertiary/aromatic N) is 2. The molecule has 3 nitrogen and oxygen atoms in total. The summed E-state index contributed by atoms with van der Waals surface area (Å²) >= 11 is 0. The molecule has 1 rings (SSSR count). The van der Waals surface area contributed by atoms with Crippen molar-refractivity contribution in [2.45, 2.75) is 19.4 Å². The molecule has 0 spiro atoms. The molecule has 0 amide bonds. The Hall–Kier alpha value is -1.53. The molecule has 3 heteroatoms. The number of methoxy groups -OCH3 is 1. The van der Waals surface area contributed by atoms with E-state index in [2.05, 4.69) is 13.0 Å². The molecule has 0 bridgehead atoms. The average molecular weight is 218 g/mol. The first-order valence-electron chi connectivity index (χ1n) is 5.36. The molecule has 0 aliphatic carbocycles. The van der Waals surface area contributed by atoms with Gasteiger partial charge in [0.2, 0.25) is 0 Å². The van der Waals surface area contributed by atoms with E-state index >= 15 is 0 Å². The third kappa shape index (κ3) is 2.53. The van der Waals surface area contributed by atoms with Crippen molar-refractivity contribution >= 4 is 0 Å². The van der Waals surface area contributed by atoms with Gasteiger partial charge in [-0.1, -0.05) is 13.0 Å². The maximum Gasteiger partial charge on any atom is 0.123 e. The number of nitriles is 1. The van der Waals surface area contributed by atoms with E-state index in [1.54, 1.807) is 7.11 Å². The van der Waals surface area contributed by atoms with Crippen LogP contribution in [0.2, 0.25) is 0 Å². The zero-order chi connectivity index (χ0) is 12.1. The van der Waals surface area contributed by atoms with Gasteiger partial charge in [-0.25, -0.2) is 0 Å².